The van der Waals surface area contributed by atoms with Crippen molar-refractivity contribution in [2.24, 2.45) is 0 Å². The van der Waals surface area contributed by atoms with E-state index in [2.05, 4.69) is 4.98 Å². The maximum absolute atomic E-state index is 13.4. The molecule has 0 radical (unpaired) electrons. The second-order valence-corrected chi connectivity index (χ2v) is 5.80. The minimum Gasteiger partial charge on any atom is -0.477 e. The molecule has 0 bridgehead atoms. The normalized spacial score (nSPS) is 12.0. The van der Waals surface area contributed by atoms with Crippen molar-refractivity contribution in [3.63, 3.8) is 0 Å². The Labute approximate surface area is 132 Å². The van der Waals surface area contributed by atoms with Crippen LogP contribution in [0.5, 0.6) is 0 Å². The van der Waals surface area contributed by atoms with Crippen LogP contribution in [0, 0.1) is 0 Å². The van der Waals surface area contributed by atoms with Crippen LogP contribution < -0.4 is 0 Å². The van der Waals surface area contributed by atoms with Gasteiger partial charge in [0.1, 0.15) is 4.88 Å². The van der Waals surface area contributed by atoms with E-state index >= 15 is 0 Å². The molecular weight excluding hydrogens is 329 g/mol. The van der Waals surface area contributed by atoms with Gasteiger partial charge in [0, 0.05) is 5.56 Å². The Balaban J connectivity index is 2.37. The third kappa shape index (κ3) is 2.48. The SMILES string of the molecule is CCc1c(-c2ccccc2)nc2sc(C(=O)O)c(C(F)(F)F)n12. The van der Waals surface area contributed by atoms with Crippen molar-refractivity contribution in [1.29, 1.82) is 0 Å². The van der Waals surface area contributed by atoms with Crippen LogP contribution in [-0.2, 0) is 12.6 Å². The molecule has 2 heterocycles. The number of hydrogen-bond donors (Lipinski definition) is 1. The van der Waals surface area contributed by atoms with E-state index in [1.807, 2.05) is 0 Å². The van der Waals surface area contributed by atoms with Gasteiger partial charge in [-0.3, -0.25) is 4.40 Å². The van der Waals surface area contributed by atoms with Gasteiger partial charge in [-0.05, 0) is 6.42 Å². The quantitative estimate of drug-likeness (QED) is 0.771. The highest BCUT2D eigenvalue weighted by Crippen LogP contribution is 2.39. The van der Waals surface area contributed by atoms with Crippen LogP contribution in [0.2, 0.25) is 0 Å². The van der Waals surface area contributed by atoms with Crippen molar-refractivity contribution in [3.8, 4) is 11.3 Å². The minimum absolute atomic E-state index is 0.0328. The van der Waals surface area contributed by atoms with Crippen LogP contribution in [0.15, 0.2) is 30.3 Å². The van der Waals surface area contributed by atoms with Crippen LogP contribution in [0.3, 0.4) is 0 Å². The van der Waals surface area contributed by atoms with E-state index in [1.165, 1.54) is 0 Å². The number of aromatic carboxylic acids is 1. The molecule has 0 aliphatic carbocycles. The van der Waals surface area contributed by atoms with Gasteiger partial charge in [-0.15, -0.1) is 0 Å². The Hall–Kier alpha value is -2.35. The van der Waals surface area contributed by atoms with Crippen molar-refractivity contribution < 1.29 is 23.1 Å². The zero-order chi connectivity index (χ0) is 16.8. The summed E-state index contributed by atoms with van der Waals surface area (Å²) in [5.74, 6) is -1.60. The van der Waals surface area contributed by atoms with Gasteiger partial charge in [0.2, 0.25) is 0 Å². The smallest absolute Gasteiger partial charge is 0.433 e. The molecule has 2 aromatic heterocycles. The molecule has 0 aliphatic heterocycles. The van der Waals surface area contributed by atoms with Crippen molar-refractivity contribution in [2.45, 2.75) is 19.5 Å². The highest BCUT2D eigenvalue weighted by molar-refractivity contribution is 7.19. The number of carbonyl (C=O) groups is 1. The number of carboxylic acids is 1. The van der Waals surface area contributed by atoms with Gasteiger partial charge in [-0.1, -0.05) is 48.6 Å². The van der Waals surface area contributed by atoms with Gasteiger partial charge < -0.3 is 5.11 Å². The van der Waals surface area contributed by atoms with Crippen molar-refractivity contribution in [2.75, 3.05) is 0 Å². The fourth-order valence-electron chi connectivity index (χ4n) is 2.52. The average Bonchev–Trinajstić information content (AvgIpc) is 3.02. The molecule has 1 N–H and O–H groups in total. The fourth-order valence-corrected chi connectivity index (χ4v) is 3.53. The Morgan fingerprint density at radius 1 is 1.30 bits per heavy atom. The summed E-state index contributed by atoms with van der Waals surface area (Å²) in [6.07, 6.45) is -4.48. The van der Waals surface area contributed by atoms with Crippen molar-refractivity contribution >= 4 is 22.3 Å². The monoisotopic (exact) mass is 340 g/mol. The Kier molecular flexibility index (Phi) is 3.63. The van der Waals surface area contributed by atoms with Crippen LogP contribution in [0.4, 0.5) is 13.2 Å². The first kappa shape index (κ1) is 15.5. The summed E-state index contributed by atoms with van der Waals surface area (Å²) < 4.78 is 41.1. The van der Waals surface area contributed by atoms with Crippen LogP contribution >= 0.6 is 11.3 Å². The second-order valence-electron chi connectivity index (χ2n) is 4.83. The summed E-state index contributed by atoms with van der Waals surface area (Å²) in [7, 11) is 0. The number of rotatable bonds is 3. The lowest BCUT2D eigenvalue weighted by Crippen LogP contribution is -2.15. The number of aromatic nitrogens is 2. The van der Waals surface area contributed by atoms with E-state index in [0.29, 0.717) is 34.7 Å². The number of benzene rings is 1. The van der Waals surface area contributed by atoms with E-state index in [1.54, 1.807) is 37.3 Å². The number of fused-ring (bicyclic) bond motifs is 1. The average molecular weight is 340 g/mol. The lowest BCUT2D eigenvalue weighted by atomic mass is 10.1. The molecule has 3 rings (SSSR count). The summed E-state index contributed by atoms with van der Waals surface area (Å²) in [5, 5.41) is 9.07. The third-order valence-electron chi connectivity index (χ3n) is 3.42. The van der Waals surface area contributed by atoms with E-state index in [0.717, 1.165) is 4.40 Å². The number of thiazole rings is 1. The number of halogens is 3. The van der Waals surface area contributed by atoms with Gasteiger partial charge in [0.25, 0.3) is 0 Å². The number of nitrogens with zero attached hydrogens (tertiary/aromatic N) is 2. The van der Waals surface area contributed by atoms with Gasteiger partial charge in [-0.25, -0.2) is 9.78 Å². The topological polar surface area (TPSA) is 54.6 Å². The van der Waals surface area contributed by atoms with E-state index in [-0.39, 0.29) is 4.96 Å². The molecule has 1 aromatic carbocycles. The number of alkyl halides is 3. The zero-order valence-corrected chi connectivity index (χ0v) is 12.7. The molecule has 0 saturated carbocycles. The maximum Gasteiger partial charge on any atom is 0.433 e. The van der Waals surface area contributed by atoms with E-state index in [9.17, 15) is 18.0 Å². The van der Waals surface area contributed by atoms with Gasteiger partial charge >= 0.3 is 12.1 Å². The summed E-state index contributed by atoms with van der Waals surface area (Å²) in [4.78, 5) is 14.7. The number of hydrogen-bond acceptors (Lipinski definition) is 3. The Morgan fingerprint density at radius 3 is 2.48 bits per heavy atom. The van der Waals surface area contributed by atoms with Gasteiger partial charge in [0.05, 0.1) is 11.4 Å². The third-order valence-corrected chi connectivity index (χ3v) is 4.45. The number of imidazole rings is 1. The first-order valence-electron chi connectivity index (χ1n) is 6.74. The van der Waals surface area contributed by atoms with Crippen molar-refractivity contribution in [3.05, 3.63) is 46.6 Å². The fraction of sp³-hybridized carbons (Fsp3) is 0.200. The minimum atomic E-state index is -4.77. The van der Waals surface area contributed by atoms with Crippen LogP contribution in [0.1, 0.15) is 28.0 Å². The summed E-state index contributed by atoms with van der Waals surface area (Å²) >= 11 is 0.536. The van der Waals surface area contributed by atoms with Crippen LogP contribution in [-0.4, -0.2) is 20.5 Å². The lowest BCUT2D eigenvalue weighted by molar-refractivity contribution is -0.142. The van der Waals surface area contributed by atoms with Gasteiger partial charge in [0.15, 0.2) is 10.7 Å². The predicted octanol–water partition coefficient (Wildman–Crippen LogP) is 4.34. The first-order chi connectivity index (χ1) is 10.8. The zero-order valence-electron chi connectivity index (χ0n) is 11.9. The molecule has 23 heavy (non-hydrogen) atoms. The highest BCUT2D eigenvalue weighted by Gasteiger charge is 2.41. The first-order valence-corrected chi connectivity index (χ1v) is 7.56. The summed E-state index contributed by atoms with van der Waals surface area (Å²) in [5.41, 5.74) is 0.325. The van der Waals surface area contributed by atoms with E-state index in [4.69, 9.17) is 5.11 Å². The maximum atomic E-state index is 13.4. The molecule has 4 nitrogen and oxygen atoms in total. The molecule has 0 unspecified atom stereocenters. The molecule has 0 atom stereocenters. The molecular formula is C15H11F3N2O2S. The number of aryl methyl sites for hydroxylation is 1. The largest absolute Gasteiger partial charge is 0.477 e. The molecule has 0 saturated heterocycles. The predicted molar refractivity (Wildman–Crippen MR) is 79.8 cm³/mol. The molecule has 0 fully saturated rings. The molecule has 120 valence electrons. The lowest BCUT2D eigenvalue weighted by Gasteiger charge is -2.09. The molecule has 0 amide bonds. The second kappa shape index (κ2) is 5.38. The van der Waals surface area contributed by atoms with Crippen molar-refractivity contribution in [1.82, 2.24) is 9.38 Å². The summed E-state index contributed by atoms with van der Waals surface area (Å²) in [6, 6.07) is 8.87. The number of carboxylic acid groups (broad SMARTS) is 1. The highest BCUT2D eigenvalue weighted by atomic mass is 32.1. The standard InChI is InChI=1S/C15H11F3N2O2S/c1-2-9-10(8-6-4-3-5-7-8)19-14-20(9)12(15(16,17)18)11(23-14)13(21)22/h3-7H,2H2,1H3,(H,21,22). The molecule has 0 aliphatic rings. The molecule has 0 spiro atoms. The van der Waals surface area contributed by atoms with E-state index < -0.39 is 22.7 Å². The van der Waals surface area contributed by atoms with Gasteiger partial charge in [-0.2, -0.15) is 13.2 Å². The molecule has 3 aromatic rings. The Bertz CT molecular complexity index is 882. The van der Waals surface area contributed by atoms with Crippen LogP contribution in [0.25, 0.3) is 16.2 Å². The Morgan fingerprint density at radius 2 is 1.96 bits per heavy atom. The molecule has 8 heteroatoms. The summed E-state index contributed by atoms with van der Waals surface area (Å²) in [6.45, 7) is 1.72.